The minimum atomic E-state index is -5.36. The highest BCUT2D eigenvalue weighted by atomic mass is 32.5. The summed E-state index contributed by atoms with van der Waals surface area (Å²) in [4.78, 5) is 35.8. The summed E-state index contributed by atoms with van der Waals surface area (Å²) < 4.78 is 39.9. The minimum absolute atomic E-state index is 0.280. The molecule has 3 unspecified atom stereocenters. The molecule has 1 saturated heterocycles. The van der Waals surface area contributed by atoms with E-state index in [2.05, 4.69) is 20.4 Å². The SMILES string of the molecule is CC1(C)CC(O)[C@@](C)(COP(O)(=S)OP(=O)(O)OP(=O)(O)O)O1. The van der Waals surface area contributed by atoms with E-state index in [1.807, 2.05) is 0 Å². The average Bonchev–Trinajstić information content (AvgIpc) is 2.40. The number of aliphatic hydroxyl groups excluding tert-OH is 1. The molecule has 1 fully saturated rings. The van der Waals surface area contributed by atoms with Crippen LogP contribution in [0.5, 0.6) is 0 Å². The molecule has 1 aliphatic heterocycles. The first-order chi connectivity index (χ1) is 9.96. The van der Waals surface area contributed by atoms with E-state index >= 15 is 0 Å². The molecule has 0 aromatic heterocycles. The van der Waals surface area contributed by atoms with Crippen LogP contribution in [0, 0.1) is 0 Å². The van der Waals surface area contributed by atoms with Gasteiger partial charge in [0.2, 0.25) is 0 Å². The second kappa shape index (κ2) is 6.81. The van der Waals surface area contributed by atoms with E-state index < -0.39 is 46.3 Å². The predicted octanol–water partition coefficient (Wildman–Crippen LogP) is 0.765. The van der Waals surface area contributed by atoms with Crippen LogP contribution < -0.4 is 0 Å². The van der Waals surface area contributed by atoms with Crippen molar-refractivity contribution in [2.75, 3.05) is 6.61 Å². The number of hydrogen-bond acceptors (Lipinski definition) is 8. The van der Waals surface area contributed by atoms with Crippen molar-refractivity contribution in [3.63, 3.8) is 0 Å². The Bertz CT molecular complexity index is 588. The number of rotatable bonds is 7. The van der Waals surface area contributed by atoms with Gasteiger partial charge in [-0.25, -0.2) is 13.4 Å². The number of ether oxygens (including phenoxy) is 1. The lowest BCUT2D eigenvalue weighted by Crippen LogP contribution is -2.41. The maximum absolute atomic E-state index is 11.3. The van der Waals surface area contributed by atoms with Crippen LogP contribution in [0.2, 0.25) is 0 Å². The van der Waals surface area contributed by atoms with Crippen LogP contribution in [0.3, 0.4) is 0 Å². The second-order valence-electron chi connectivity index (χ2n) is 5.76. The van der Waals surface area contributed by atoms with Crippen molar-refractivity contribution >= 4 is 34.2 Å². The van der Waals surface area contributed by atoms with Crippen LogP contribution in [0.25, 0.3) is 0 Å². The van der Waals surface area contributed by atoms with Crippen molar-refractivity contribution in [2.45, 2.75) is 44.5 Å². The minimum Gasteiger partial charge on any atom is -0.390 e. The topological polar surface area (TPSA) is 172 Å². The van der Waals surface area contributed by atoms with Gasteiger partial charge in [-0.05, 0) is 32.6 Å². The zero-order valence-electron chi connectivity index (χ0n) is 12.4. The molecule has 1 rings (SSSR count). The van der Waals surface area contributed by atoms with Gasteiger partial charge in [0.25, 0.3) is 0 Å². The molecule has 5 N–H and O–H groups in total. The fraction of sp³-hybridized carbons (Fsp3) is 1.00. The Labute approximate surface area is 137 Å². The molecule has 0 spiro atoms. The molecular weight excluding hydrogens is 397 g/mol. The molecule has 1 heterocycles. The van der Waals surface area contributed by atoms with Gasteiger partial charge >= 0.3 is 22.4 Å². The van der Waals surface area contributed by atoms with Gasteiger partial charge in [0, 0.05) is 6.42 Å². The Kier molecular flexibility index (Phi) is 6.45. The lowest BCUT2D eigenvalue weighted by Gasteiger charge is -2.30. The summed E-state index contributed by atoms with van der Waals surface area (Å²) >= 11 is 4.48. The van der Waals surface area contributed by atoms with Crippen molar-refractivity contribution in [1.82, 2.24) is 0 Å². The van der Waals surface area contributed by atoms with E-state index in [0.717, 1.165) is 0 Å². The van der Waals surface area contributed by atoms with E-state index in [0.29, 0.717) is 0 Å². The van der Waals surface area contributed by atoms with Gasteiger partial charge in [-0.1, -0.05) is 0 Å². The maximum Gasteiger partial charge on any atom is 0.488 e. The summed E-state index contributed by atoms with van der Waals surface area (Å²) in [5.41, 5.74) is -1.92. The molecule has 0 radical (unpaired) electrons. The highest BCUT2D eigenvalue weighted by Gasteiger charge is 2.49. The fourth-order valence-electron chi connectivity index (χ4n) is 2.06. The van der Waals surface area contributed by atoms with Gasteiger partial charge in [-0.3, -0.25) is 0 Å². The molecule has 138 valence electrons. The highest BCUT2D eigenvalue weighted by Crippen LogP contribution is 2.66. The quantitative estimate of drug-likeness (QED) is 0.370. The average molecular weight is 416 g/mol. The third kappa shape index (κ3) is 7.25. The molecule has 0 bridgehead atoms. The van der Waals surface area contributed by atoms with Crippen LogP contribution in [0.4, 0.5) is 0 Å². The first-order valence-electron chi connectivity index (χ1n) is 6.12. The second-order valence-corrected chi connectivity index (χ2v) is 11.6. The summed E-state index contributed by atoms with van der Waals surface area (Å²) in [6, 6.07) is 0. The number of aliphatic hydroxyl groups is 1. The smallest absolute Gasteiger partial charge is 0.390 e. The van der Waals surface area contributed by atoms with E-state index in [4.69, 9.17) is 23.9 Å². The van der Waals surface area contributed by atoms with Gasteiger partial charge in [-0.15, -0.1) is 0 Å². The van der Waals surface area contributed by atoms with Gasteiger partial charge in [0.1, 0.15) is 5.60 Å². The molecule has 0 aliphatic carbocycles. The summed E-state index contributed by atoms with van der Waals surface area (Å²) in [6.07, 6.45) is -0.679. The molecular formula is C8H19O11P3S. The lowest BCUT2D eigenvalue weighted by atomic mass is 9.97. The summed E-state index contributed by atoms with van der Waals surface area (Å²) in [7, 11) is -10.7. The van der Waals surface area contributed by atoms with Crippen molar-refractivity contribution in [3.8, 4) is 0 Å². The first-order valence-corrected chi connectivity index (χ1v) is 11.7. The number of hydrogen-bond donors (Lipinski definition) is 5. The van der Waals surface area contributed by atoms with Crippen molar-refractivity contribution < 1.29 is 51.7 Å². The van der Waals surface area contributed by atoms with Crippen LogP contribution in [0.1, 0.15) is 27.2 Å². The van der Waals surface area contributed by atoms with E-state index in [-0.39, 0.29) is 6.42 Å². The Hall–Kier alpha value is 0.750. The van der Waals surface area contributed by atoms with Gasteiger partial charge in [-0.2, -0.15) is 4.31 Å². The standard InChI is InChI=1S/C8H19O11P3S/c1-7(2)4-6(9)8(3,17-7)5-16-22(15,23)19-21(13,14)18-20(10,11)12/h6,9H,4-5H2,1-3H3,(H,13,14)(H,15,23)(H2,10,11,12)/t6?,8-,22?/m1/s1. The van der Waals surface area contributed by atoms with E-state index in [1.165, 1.54) is 6.92 Å². The monoisotopic (exact) mass is 416 g/mol. The van der Waals surface area contributed by atoms with Crippen LogP contribution >= 0.6 is 22.4 Å². The number of phosphoric acid groups is 2. The summed E-state index contributed by atoms with van der Waals surface area (Å²) in [5.74, 6) is 0. The van der Waals surface area contributed by atoms with E-state index in [1.54, 1.807) is 13.8 Å². The predicted molar refractivity (Wildman–Crippen MR) is 80.7 cm³/mol. The molecule has 23 heavy (non-hydrogen) atoms. The highest BCUT2D eigenvalue weighted by molar-refractivity contribution is 8.08. The molecule has 15 heteroatoms. The van der Waals surface area contributed by atoms with Gasteiger partial charge in [0.05, 0.1) is 18.3 Å². The van der Waals surface area contributed by atoms with Crippen molar-refractivity contribution in [3.05, 3.63) is 0 Å². The first kappa shape index (κ1) is 21.8. The van der Waals surface area contributed by atoms with Crippen molar-refractivity contribution in [1.29, 1.82) is 0 Å². The fourth-order valence-corrected chi connectivity index (χ4v) is 6.09. The third-order valence-electron chi connectivity index (χ3n) is 2.83. The van der Waals surface area contributed by atoms with Crippen LogP contribution in [0.15, 0.2) is 0 Å². The van der Waals surface area contributed by atoms with Crippen molar-refractivity contribution in [2.24, 2.45) is 0 Å². The van der Waals surface area contributed by atoms with Crippen LogP contribution in [-0.2, 0) is 38.8 Å². The molecule has 0 aromatic rings. The molecule has 0 amide bonds. The van der Waals surface area contributed by atoms with E-state index in [9.17, 15) is 19.1 Å². The van der Waals surface area contributed by atoms with Gasteiger partial charge in [0.15, 0.2) is 0 Å². The van der Waals surface area contributed by atoms with Crippen LogP contribution in [-0.4, -0.2) is 48.6 Å². The molecule has 1 aliphatic rings. The maximum atomic E-state index is 11.3. The van der Waals surface area contributed by atoms with Gasteiger partial charge < -0.3 is 33.9 Å². The Morgan fingerprint density at radius 3 is 2.09 bits per heavy atom. The third-order valence-corrected chi connectivity index (χ3v) is 7.53. The normalized spacial score (nSPS) is 33.1. The Morgan fingerprint density at radius 2 is 1.70 bits per heavy atom. The largest absolute Gasteiger partial charge is 0.488 e. The Balaban J connectivity index is 2.71. The molecule has 0 aromatic carbocycles. The molecule has 0 saturated carbocycles. The zero-order chi connectivity index (χ0) is 18.3. The molecule has 4 atom stereocenters. The molecule has 11 nitrogen and oxygen atoms in total. The summed E-state index contributed by atoms with van der Waals surface area (Å²) in [6.45, 7) is 0.0411. The Morgan fingerprint density at radius 1 is 1.17 bits per heavy atom. The summed E-state index contributed by atoms with van der Waals surface area (Å²) in [5, 5.41) is 9.99. The zero-order valence-corrected chi connectivity index (χ0v) is 15.9. The lowest BCUT2D eigenvalue weighted by molar-refractivity contribution is -0.120.